The molecule has 0 aliphatic carbocycles. The zero-order valence-electron chi connectivity index (χ0n) is 10.7. The van der Waals surface area contributed by atoms with Gasteiger partial charge >= 0.3 is 0 Å². The predicted octanol–water partition coefficient (Wildman–Crippen LogP) is 0.0234. The van der Waals surface area contributed by atoms with E-state index in [-0.39, 0.29) is 18.2 Å². The first-order valence-electron chi connectivity index (χ1n) is 6.17. The van der Waals surface area contributed by atoms with E-state index in [2.05, 4.69) is 10.6 Å². The topological polar surface area (TPSA) is 93.4 Å². The monoisotopic (exact) mass is 263 g/mol. The Bertz CT molecular complexity index is 502. The van der Waals surface area contributed by atoms with Crippen molar-refractivity contribution in [2.75, 3.05) is 18.4 Å². The Balaban J connectivity index is 2.07. The Hall–Kier alpha value is -2.08. The molecule has 1 unspecified atom stereocenters. The molecule has 1 aliphatic heterocycles. The lowest BCUT2D eigenvalue weighted by molar-refractivity contribution is -0.122. The first kappa shape index (κ1) is 13.4. The normalized spacial score (nSPS) is 17.2. The molecule has 6 nitrogen and oxygen atoms in total. The number of nitrogens with one attached hydrogen (secondary N) is 2. The molecule has 1 aromatic carbocycles. The maximum atomic E-state index is 11.6. The van der Waals surface area contributed by atoms with Crippen LogP contribution in [0.25, 0.3) is 0 Å². The molecule has 1 heterocycles. The fourth-order valence-electron chi connectivity index (χ4n) is 1.83. The Morgan fingerprint density at radius 1 is 1.53 bits per heavy atom. The van der Waals surface area contributed by atoms with E-state index in [4.69, 9.17) is 10.5 Å². The molecule has 0 aromatic heterocycles. The third-order valence-corrected chi connectivity index (χ3v) is 2.81. The molecule has 4 N–H and O–H groups in total. The average molecular weight is 263 g/mol. The molecule has 1 atom stereocenters. The van der Waals surface area contributed by atoms with E-state index >= 15 is 0 Å². The Labute approximate surface area is 111 Å². The van der Waals surface area contributed by atoms with Crippen LogP contribution < -0.4 is 21.1 Å². The number of benzene rings is 1. The molecule has 2 rings (SSSR count). The summed E-state index contributed by atoms with van der Waals surface area (Å²) in [5, 5.41) is 5.44. The van der Waals surface area contributed by atoms with Crippen molar-refractivity contribution >= 4 is 17.5 Å². The molecule has 102 valence electrons. The second-order valence-electron chi connectivity index (χ2n) is 4.40. The molecule has 0 radical (unpaired) electrons. The maximum absolute atomic E-state index is 11.6. The fourth-order valence-corrected chi connectivity index (χ4v) is 1.83. The minimum atomic E-state index is -0.494. The molecule has 6 heteroatoms. The first-order valence-corrected chi connectivity index (χ1v) is 6.17. The summed E-state index contributed by atoms with van der Waals surface area (Å²) in [5.41, 5.74) is 6.73. The fraction of sp³-hybridized carbons (Fsp3) is 0.385. The van der Waals surface area contributed by atoms with Crippen molar-refractivity contribution in [1.82, 2.24) is 5.32 Å². The molecular formula is C13H17N3O3. The lowest BCUT2D eigenvalue weighted by Gasteiger charge is -2.23. The zero-order valence-corrected chi connectivity index (χ0v) is 10.7. The highest BCUT2D eigenvalue weighted by atomic mass is 16.5. The summed E-state index contributed by atoms with van der Waals surface area (Å²) in [7, 11) is 0. The largest absolute Gasteiger partial charge is 0.479 e. The van der Waals surface area contributed by atoms with Gasteiger partial charge in [0.05, 0.1) is 12.1 Å². The van der Waals surface area contributed by atoms with E-state index in [9.17, 15) is 9.59 Å². The van der Waals surface area contributed by atoms with Crippen molar-refractivity contribution in [3.8, 4) is 5.75 Å². The number of rotatable bonds is 4. The molecule has 0 spiro atoms. The SMILES string of the molecule is CC1Oc2ccc(CC(=O)NCCN)cc2NC1=O. The Morgan fingerprint density at radius 3 is 3.05 bits per heavy atom. The molecule has 1 aliphatic rings. The number of carbonyl (C=O) groups excluding carboxylic acids is 2. The number of amides is 2. The molecule has 19 heavy (non-hydrogen) atoms. The van der Waals surface area contributed by atoms with Crippen molar-refractivity contribution in [1.29, 1.82) is 0 Å². The number of hydrogen-bond donors (Lipinski definition) is 3. The lowest BCUT2D eigenvalue weighted by Crippen LogP contribution is -2.34. The van der Waals surface area contributed by atoms with Gasteiger partial charge in [0.2, 0.25) is 5.91 Å². The van der Waals surface area contributed by atoms with Gasteiger partial charge in [-0.1, -0.05) is 6.07 Å². The smallest absolute Gasteiger partial charge is 0.265 e. The van der Waals surface area contributed by atoms with E-state index in [1.807, 2.05) is 6.07 Å². The van der Waals surface area contributed by atoms with Crippen LogP contribution in [0.15, 0.2) is 18.2 Å². The molecule has 2 amide bonds. The second-order valence-corrected chi connectivity index (χ2v) is 4.40. The molecular weight excluding hydrogens is 246 g/mol. The van der Waals surface area contributed by atoms with Gasteiger partial charge < -0.3 is 21.1 Å². The molecule has 0 bridgehead atoms. The number of fused-ring (bicyclic) bond motifs is 1. The van der Waals surface area contributed by atoms with Crippen LogP contribution in [0.2, 0.25) is 0 Å². The average Bonchev–Trinajstić information content (AvgIpc) is 2.38. The second kappa shape index (κ2) is 5.71. The maximum Gasteiger partial charge on any atom is 0.265 e. The standard InChI is InChI=1S/C13H17N3O3/c1-8-13(18)16-10-6-9(2-3-11(10)19-8)7-12(17)15-5-4-14/h2-3,6,8H,4-5,7,14H2,1H3,(H,15,17)(H,16,18). The van der Waals surface area contributed by atoms with E-state index in [1.54, 1.807) is 19.1 Å². The van der Waals surface area contributed by atoms with E-state index < -0.39 is 6.10 Å². The zero-order chi connectivity index (χ0) is 13.8. The van der Waals surface area contributed by atoms with Gasteiger partial charge in [-0.15, -0.1) is 0 Å². The van der Waals surface area contributed by atoms with E-state index in [1.165, 1.54) is 0 Å². The summed E-state index contributed by atoms with van der Waals surface area (Å²) >= 11 is 0. The minimum absolute atomic E-state index is 0.0955. The quantitative estimate of drug-likeness (QED) is 0.714. The van der Waals surface area contributed by atoms with Crippen LogP contribution in [0.3, 0.4) is 0 Å². The van der Waals surface area contributed by atoms with Crippen LogP contribution in [0.4, 0.5) is 5.69 Å². The summed E-state index contributed by atoms with van der Waals surface area (Å²) in [6, 6.07) is 5.32. The minimum Gasteiger partial charge on any atom is -0.479 e. The van der Waals surface area contributed by atoms with Crippen LogP contribution in [0.5, 0.6) is 5.75 Å². The van der Waals surface area contributed by atoms with Crippen LogP contribution in [0, 0.1) is 0 Å². The Morgan fingerprint density at radius 2 is 2.32 bits per heavy atom. The Kier molecular flexibility index (Phi) is 4.01. The summed E-state index contributed by atoms with van der Waals surface area (Å²) < 4.78 is 5.44. The van der Waals surface area contributed by atoms with Crippen molar-refractivity contribution in [3.63, 3.8) is 0 Å². The van der Waals surface area contributed by atoms with Crippen molar-refractivity contribution in [2.45, 2.75) is 19.4 Å². The molecule has 0 fully saturated rings. The summed E-state index contributed by atoms with van der Waals surface area (Å²) in [4.78, 5) is 23.1. The van der Waals surface area contributed by atoms with Crippen molar-refractivity contribution in [2.24, 2.45) is 5.73 Å². The van der Waals surface area contributed by atoms with Gasteiger partial charge in [0.1, 0.15) is 5.75 Å². The molecule has 0 saturated heterocycles. The van der Waals surface area contributed by atoms with Gasteiger partial charge in [-0.05, 0) is 24.6 Å². The van der Waals surface area contributed by atoms with Crippen LogP contribution >= 0.6 is 0 Å². The number of anilines is 1. The molecule has 1 aromatic rings. The third kappa shape index (κ3) is 3.23. The van der Waals surface area contributed by atoms with E-state index in [0.29, 0.717) is 24.5 Å². The summed E-state index contributed by atoms with van der Waals surface area (Å²) in [5.74, 6) is 0.345. The van der Waals surface area contributed by atoms with Gasteiger partial charge in [0.25, 0.3) is 5.91 Å². The van der Waals surface area contributed by atoms with E-state index in [0.717, 1.165) is 5.56 Å². The summed E-state index contributed by atoms with van der Waals surface area (Å²) in [6.07, 6.45) is -0.246. The van der Waals surface area contributed by atoms with Gasteiger partial charge in [-0.25, -0.2) is 0 Å². The lowest BCUT2D eigenvalue weighted by atomic mass is 10.1. The predicted molar refractivity (Wildman–Crippen MR) is 70.9 cm³/mol. The van der Waals surface area contributed by atoms with Crippen molar-refractivity contribution in [3.05, 3.63) is 23.8 Å². The number of carbonyl (C=O) groups is 2. The van der Waals surface area contributed by atoms with Crippen molar-refractivity contribution < 1.29 is 14.3 Å². The van der Waals surface area contributed by atoms with Crippen LogP contribution in [-0.2, 0) is 16.0 Å². The number of nitrogens with two attached hydrogens (primary N) is 1. The van der Waals surface area contributed by atoms with Gasteiger partial charge in [0.15, 0.2) is 6.10 Å². The number of ether oxygens (including phenoxy) is 1. The highest BCUT2D eigenvalue weighted by Crippen LogP contribution is 2.30. The van der Waals surface area contributed by atoms with Gasteiger partial charge in [-0.3, -0.25) is 9.59 Å². The molecule has 0 saturated carbocycles. The first-order chi connectivity index (χ1) is 9.10. The van der Waals surface area contributed by atoms with Gasteiger partial charge in [0, 0.05) is 13.1 Å². The highest BCUT2D eigenvalue weighted by molar-refractivity contribution is 5.97. The highest BCUT2D eigenvalue weighted by Gasteiger charge is 2.23. The number of hydrogen-bond acceptors (Lipinski definition) is 4. The van der Waals surface area contributed by atoms with Gasteiger partial charge in [-0.2, -0.15) is 0 Å². The van der Waals surface area contributed by atoms with Crippen LogP contribution in [0.1, 0.15) is 12.5 Å². The third-order valence-electron chi connectivity index (χ3n) is 2.81. The van der Waals surface area contributed by atoms with Crippen LogP contribution in [-0.4, -0.2) is 31.0 Å². The summed E-state index contributed by atoms with van der Waals surface area (Å²) in [6.45, 7) is 2.56.